The third kappa shape index (κ3) is 3.27. The molecule has 6 heteroatoms. The van der Waals surface area contributed by atoms with Crippen molar-refractivity contribution in [2.45, 2.75) is 25.3 Å². The van der Waals surface area contributed by atoms with Crippen LogP contribution in [0.5, 0.6) is 0 Å². The number of aryl methyl sites for hydroxylation is 1. The minimum atomic E-state index is -1.12. The monoisotopic (exact) mass is 378 g/mol. The molecule has 2 aromatic carbocycles. The molecule has 0 bridgehead atoms. The quantitative estimate of drug-likeness (QED) is 0.720. The molecule has 2 unspecified atom stereocenters. The lowest BCUT2D eigenvalue weighted by Gasteiger charge is -2.25. The lowest BCUT2D eigenvalue weighted by Crippen LogP contribution is -2.40. The van der Waals surface area contributed by atoms with E-state index >= 15 is 0 Å². The minimum absolute atomic E-state index is 0.0606. The zero-order valence-electron chi connectivity index (χ0n) is 15.8. The summed E-state index contributed by atoms with van der Waals surface area (Å²) in [5.74, 6) is -1.15. The summed E-state index contributed by atoms with van der Waals surface area (Å²) in [6.07, 6.45) is 0.933. The number of anilines is 1. The number of hydrogen-bond donors (Lipinski definition) is 2. The van der Waals surface area contributed by atoms with Gasteiger partial charge in [0.1, 0.15) is 5.58 Å². The number of furan rings is 1. The SMILES string of the molecule is Cc1ccccc1C1CCN(C)C1C(=O)Nc1ccc2oc(C(=O)O)cc2c1. The van der Waals surface area contributed by atoms with Gasteiger partial charge < -0.3 is 14.8 Å². The average Bonchev–Trinajstić information content (AvgIpc) is 3.25. The molecular weight excluding hydrogens is 356 g/mol. The molecule has 0 saturated carbocycles. The Labute approximate surface area is 162 Å². The number of nitrogens with one attached hydrogen (secondary N) is 1. The van der Waals surface area contributed by atoms with E-state index in [9.17, 15) is 9.59 Å². The van der Waals surface area contributed by atoms with E-state index in [4.69, 9.17) is 9.52 Å². The number of carboxylic acid groups (broad SMARTS) is 1. The molecule has 4 rings (SSSR count). The van der Waals surface area contributed by atoms with E-state index in [1.54, 1.807) is 18.2 Å². The number of rotatable bonds is 4. The highest BCUT2D eigenvalue weighted by Gasteiger charge is 2.38. The maximum Gasteiger partial charge on any atom is 0.371 e. The second kappa shape index (κ2) is 7.13. The van der Waals surface area contributed by atoms with E-state index in [1.807, 2.05) is 19.2 Å². The van der Waals surface area contributed by atoms with Crippen molar-refractivity contribution in [3.63, 3.8) is 0 Å². The standard InChI is InChI=1S/C22H22N2O4/c1-13-5-3-4-6-16(13)17-9-10-24(2)20(17)21(25)23-15-7-8-18-14(11-15)12-19(28-18)22(26)27/h3-8,11-12,17,20H,9-10H2,1-2H3,(H,23,25)(H,26,27). The number of carbonyl (C=O) groups excluding carboxylic acids is 1. The van der Waals surface area contributed by atoms with Crippen molar-refractivity contribution in [2.75, 3.05) is 18.9 Å². The predicted octanol–water partition coefficient (Wildman–Crippen LogP) is 3.87. The first-order valence-electron chi connectivity index (χ1n) is 9.27. The van der Waals surface area contributed by atoms with Crippen LogP contribution in [0, 0.1) is 6.92 Å². The molecule has 3 aromatic rings. The number of carboxylic acids is 1. The highest BCUT2D eigenvalue weighted by Crippen LogP contribution is 2.35. The van der Waals surface area contributed by atoms with Crippen molar-refractivity contribution in [3.05, 3.63) is 65.4 Å². The molecule has 1 amide bonds. The molecule has 2 N–H and O–H groups in total. The molecule has 0 radical (unpaired) electrons. The van der Waals surface area contributed by atoms with Crippen LogP contribution < -0.4 is 5.32 Å². The molecular formula is C22H22N2O4. The molecule has 2 heterocycles. The molecule has 6 nitrogen and oxygen atoms in total. The first kappa shape index (κ1) is 18.3. The van der Waals surface area contributed by atoms with Crippen LogP contribution >= 0.6 is 0 Å². The first-order chi connectivity index (χ1) is 13.4. The van der Waals surface area contributed by atoms with Crippen molar-refractivity contribution in [3.8, 4) is 0 Å². The molecule has 1 aliphatic heterocycles. The van der Waals surface area contributed by atoms with Gasteiger partial charge in [0.15, 0.2) is 0 Å². The molecule has 2 atom stereocenters. The number of likely N-dealkylation sites (N-methyl/N-ethyl adjacent to an activating group) is 1. The summed E-state index contributed by atoms with van der Waals surface area (Å²) in [6.45, 7) is 2.94. The lowest BCUT2D eigenvalue weighted by atomic mass is 9.88. The average molecular weight is 378 g/mol. The number of fused-ring (bicyclic) bond motifs is 1. The van der Waals surface area contributed by atoms with E-state index in [0.29, 0.717) is 16.7 Å². The van der Waals surface area contributed by atoms with Gasteiger partial charge >= 0.3 is 5.97 Å². The molecule has 0 spiro atoms. The predicted molar refractivity (Wildman–Crippen MR) is 107 cm³/mol. The third-order valence-electron chi connectivity index (χ3n) is 5.50. The van der Waals surface area contributed by atoms with Gasteiger partial charge in [-0.15, -0.1) is 0 Å². The van der Waals surface area contributed by atoms with Gasteiger partial charge in [-0.3, -0.25) is 9.69 Å². The fourth-order valence-corrected chi connectivity index (χ4v) is 4.10. The Morgan fingerprint density at radius 3 is 2.71 bits per heavy atom. The van der Waals surface area contributed by atoms with Crippen LogP contribution in [0.4, 0.5) is 5.69 Å². The number of benzene rings is 2. The Morgan fingerprint density at radius 2 is 1.96 bits per heavy atom. The van der Waals surface area contributed by atoms with Gasteiger partial charge in [-0.1, -0.05) is 24.3 Å². The second-order valence-electron chi connectivity index (χ2n) is 7.33. The van der Waals surface area contributed by atoms with Crippen molar-refractivity contribution < 1.29 is 19.1 Å². The van der Waals surface area contributed by atoms with Crippen LogP contribution in [0.2, 0.25) is 0 Å². The smallest absolute Gasteiger partial charge is 0.371 e. The third-order valence-corrected chi connectivity index (χ3v) is 5.50. The van der Waals surface area contributed by atoms with E-state index < -0.39 is 5.97 Å². The number of hydrogen-bond acceptors (Lipinski definition) is 4. The van der Waals surface area contributed by atoms with Crippen molar-refractivity contribution in [2.24, 2.45) is 0 Å². The molecule has 28 heavy (non-hydrogen) atoms. The van der Waals surface area contributed by atoms with Gasteiger partial charge in [0.05, 0.1) is 6.04 Å². The zero-order chi connectivity index (χ0) is 19.8. The Bertz CT molecular complexity index is 1060. The summed E-state index contributed by atoms with van der Waals surface area (Å²) in [5, 5.41) is 12.7. The molecule has 1 fully saturated rings. The molecule has 1 aliphatic rings. The van der Waals surface area contributed by atoms with Gasteiger partial charge in [-0.05, 0) is 62.3 Å². The van der Waals surface area contributed by atoms with E-state index in [-0.39, 0.29) is 23.6 Å². The first-order valence-corrected chi connectivity index (χ1v) is 9.27. The largest absolute Gasteiger partial charge is 0.475 e. The van der Waals surface area contributed by atoms with Crippen molar-refractivity contribution in [1.82, 2.24) is 4.90 Å². The lowest BCUT2D eigenvalue weighted by molar-refractivity contribution is -0.120. The van der Waals surface area contributed by atoms with Crippen LogP contribution in [0.25, 0.3) is 11.0 Å². The molecule has 0 aliphatic carbocycles. The fraction of sp³-hybridized carbons (Fsp3) is 0.273. The van der Waals surface area contributed by atoms with E-state index in [0.717, 1.165) is 13.0 Å². The Balaban J connectivity index is 1.59. The van der Waals surface area contributed by atoms with Gasteiger partial charge in [-0.2, -0.15) is 0 Å². The van der Waals surface area contributed by atoms with Crippen LogP contribution in [0.15, 0.2) is 52.9 Å². The molecule has 144 valence electrons. The van der Waals surface area contributed by atoms with Crippen LogP contribution in [0.3, 0.4) is 0 Å². The van der Waals surface area contributed by atoms with Gasteiger partial charge in [0.2, 0.25) is 11.7 Å². The van der Waals surface area contributed by atoms with E-state index in [2.05, 4.69) is 29.3 Å². The zero-order valence-corrected chi connectivity index (χ0v) is 15.8. The van der Waals surface area contributed by atoms with Crippen molar-refractivity contribution in [1.29, 1.82) is 0 Å². The maximum atomic E-state index is 13.1. The Morgan fingerprint density at radius 1 is 1.18 bits per heavy atom. The van der Waals surface area contributed by atoms with Crippen LogP contribution in [-0.2, 0) is 4.79 Å². The summed E-state index contributed by atoms with van der Waals surface area (Å²) >= 11 is 0. The Kier molecular flexibility index (Phi) is 4.65. The number of nitrogens with zero attached hydrogens (tertiary/aromatic N) is 1. The highest BCUT2D eigenvalue weighted by atomic mass is 16.4. The van der Waals surface area contributed by atoms with Crippen LogP contribution in [0.1, 0.15) is 34.0 Å². The van der Waals surface area contributed by atoms with Gasteiger partial charge in [-0.25, -0.2) is 4.79 Å². The van der Waals surface area contributed by atoms with Gasteiger partial charge in [0, 0.05) is 17.0 Å². The highest BCUT2D eigenvalue weighted by molar-refractivity contribution is 5.98. The summed E-state index contributed by atoms with van der Waals surface area (Å²) in [6, 6.07) is 14.6. The topological polar surface area (TPSA) is 82.8 Å². The fourth-order valence-electron chi connectivity index (χ4n) is 4.10. The number of aromatic carboxylic acids is 1. The van der Waals surface area contributed by atoms with Crippen LogP contribution in [-0.4, -0.2) is 41.5 Å². The molecule has 1 aromatic heterocycles. The second-order valence-corrected chi connectivity index (χ2v) is 7.33. The molecule has 1 saturated heterocycles. The normalized spacial score (nSPS) is 19.8. The summed E-state index contributed by atoms with van der Waals surface area (Å²) < 4.78 is 5.27. The van der Waals surface area contributed by atoms with Gasteiger partial charge in [0.25, 0.3) is 0 Å². The minimum Gasteiger partial charge on any atom is -0.475 e. The number of likely N-dealkylation sites (tertiary alicyclic amines) is 1. The maximum absolute atomic E-state index is 13.1. The van der Waals surface area contributed by atoms with Crippen molar-refractivity contribution >= 4 is 28.5 Å². The summed E-state index contributed by atoms with van der Waals surface area (Å²) in [5.41, 5.74) is 3.51. The summed E-state index contributed by atoms with van der Waals surface area (Å²) in [4.78, 5) is 26.3. The number of carbonyl (C=O) groups is 2. The summed E-state index contributed by atoms with van der Waals surface area (Å²) in [7, 11) is 1.97. The van der Waals surface area contributed by atoms with E-state index in [1.165, 1.54) is 17.2 Å². The number of amides is 1. The Hall–Kier alpha value is -3.12.